The zero-order valence-electron chi connectivity index (χ0n) is 15.5. The van der Waals surface area contributed by atoms with E-state index in [9.17, 15) is 4.79 Å². The van der Waals surface area contributed by atoms with E-state index in [2.05, 4.69) is 68.3 Å². The minimum atomic E-state index is -0.816. The third kappa shape index (κ3) is 5.60. The van der Waals surface area contributed by atoms with Gasteiger partial charge in [0.15, 0.2) is 5.75 Å². The second kappa shape index (κ2) is 9.60. The number of ether oxygens (including phenoxy) is 2. The van der Waals surface area contributed by atoms with Crippen LogP contribution in [0.1, 0.15) is 50.2 Å². The van der Waals surface area contributed by atoms with Crippen molar-refractivity contribution >= 4 is 60.4 Å². The molecule has 27 heavy (non-hydrogen) atoms. The van der Waals surface area contributed by atoms with Gasteiger partial charge in [0.25, 0.3) is 0 Å². The van der Waals surface area contributed by atoms with Crippen LogP contribution in [0.5, 0.6) is 17.2 Å². The van der Waals surface area contributed by atoms with Gasteiger partial charge in [-0.25, -0.2) is 0 Å². The van der Waals surface area contributed by atoms with Crippen LogP contribution in [-0.4, -0.2) is 18.2 Å². The lowest BCUT2D eigenvalue weighted by molar-refractivity contribution is -0.137. The molecular formula is C20H21Br2IO4. The van der Waals surface area contributed by atoms with Crippen molar-refractivity contribution in [3.05, 3.63) is 47.9 Å². The maximum absolute atomic E-state index is 11.0. The van der Waals surface area contributed by atoms with E-state index in [1.165, 1.54) is 0 Å². The highest BCUT2D eigenvalue weighted by Gasteiger charge is 2.18. The average Bonchev–Trinajstić information content (AvgIpc) is 2.56. The third-order valence-corrected chi connectivity index (χ3v) is 6.14. The van der Waals surface area contributed by atoms with Gasteiger partial charge in [0, 0.05) is 5.56 Å². The number of rotatable bonds is 7. The molecule has 0 bridgehead atoms. The summed E-state index contributed by atoms with van der Waals surface area (Å²) in [5, 5.41) is 9.01. The number of halogens is 3. The Balaban J connectivity index is 2.39. The van der Waals surface area contributed by atoms with Crippen molar-refractivity contribution in [1.82, 2.24) is 0 Å². The number of methoxy groups -OCH3 is 1. The van der Waals surface area contributed by atoms with E-state index in [0.29, 0.717) is 11.7 Å². The second-order valence-electron chi connectivity index (χ2n) is 6.60. The Kier molecular flexibility index (Phi) is 8.00. The number of carboxylic acids is 1. The molecule has 1 unspecified atom stereocenters. The Labute approximate surface area is 190 Å². The van der Waals surface area contributed by atoms with Crippen LogP contribution in [0.2, 0.25) is 0 Å². The van der Waals surface area contributed by atoms with Crippen molar-refractivity contribution in [2.75, 3.05) is 7.11 Å². The quantitative estimate of drug-likeness (QED) is 0.334. The van der Waals surface area contributed by atoms with Gasteiger partial charge in [-0.1, -0.05) is 20.8 Å². The molecule has 0 saturated carbocycles. The molecule has 1 N–H and O–H groups in total. The molecule has 146 valence electrons. The monoisotopic (exact) mass is 610 g/mol. The maximum Gasteiger partial charge on any atom is 0.303 e. The molecule has 0 fully saturated rings. The SMILES string of the molecule is COc1c(I)cc(Oc2c(Br)cc(C(C)CC(=O)O)cc2Br)cc1C(C)C. The Hall–Kier alpha value is -0.800. The molecule has 0 spiro atoms. The fourth-order valence-corrected chi connectivity index (χ4v) is 4.97. The van der Waals surface area contributed by atoms with E-state index < -0.39 is 5.97 Å². The smallest absolute Gasteiger partial charge is 0.303 e. The molecule has 0 aliphatic carbocycles. The molecule has 0 heterocycles. The second-order valence-corrected chi connectivity index (χ2v) is 9.47. The minimum absolute atomic E-state index is 0.0769. The standard InChI is InChI=1S/C20H21Br2IO4/c1-10(2)14-8-13(9-17(23)19(14)26-4)27-20-15(21)6-12(7-16(20)22)11(3)5-18(24)25/h6-11H,5H2,1-4H3,(H,24,25). The summed E-state index contributed by atoms with van der Waals surface area (Å²) >= 11 is 9.36. The fraction of sp³-hybridized carbons (Fsp3) is 0.350. The van der Waals surface area contributed by atoms with Crippen LogP contribution in [0.3, 0.4) is 0 Å². The lowest BCUT2D eigenvalue weighted by atomic mass is 9.98. The molecule has 0 aliphatic heterocycles. The molecule has 2 aromatic carbocycles. The van der Waals surface area contributed by atoms with Crippen molar-refractivity contribution in [1.29, 1.82) is 0 Å². The lowest BCUT2D eigenvalue weighted by Crippen LogP contribution is -2.03. The minimum Gasteiger partial charge on any atom is -0.495 e. The van der Waals surface area contributed by atoms with Crippen molar-refractivity contribution < 1.29 is 19.4 Å². The predicted molar refractivity (Wildman–Crippen MR) is 122 cm³/mol. The van der Waals surface area contributed by atoms with Gasteiger partial charge in [0.1, 0.15) is 11.5 Å². The Morgan fingerprint density at radius 3 is 2.19 bits per heavy atom. The molecular weight excluding hydrogens is 591 g/mol. The van der Waals surface area contributed by atoms with Crippen LogP contribution in [0.15, 0.2) is 33.2 Å². The first kappa shape index (κ1) is 22.5. The lowest BCUT2D eigenvalue weighted by Gasteiger charge is -2.18. The molecule has 2 rings (SSSR count). The number of carbonyl (C=O) groups is 1. The van der Waals surface area contributed by atoms with Crippen LogP contribution in [0, 0.1) is 3.57 Å². The topological polar surface area (TPSA) is 55.8 Å². The van der Waals surface area contributed by atoms with E-state index in [4.69, 9.17) is 14.6 Å². The summed E-state index contributed by atoms with van der Waals surface area (Å²) in [5.74, 6) is 1.62. The highest BCUT2D eigenvalue weighted by molar-refractivity contribution is 14.1. The molecule has 0 aromatic heterocycles. The van der Waals surface area contributed by atoms with Gasteiger partial charge in [0.2, 0.25) is 0 Å². The van der Waals surface area contributed by atoms with Crippen molar-refractivity contribution in [3.8, 4) is 17.2 Å². The molecule has 0 amide bonds. The number of benzene rings is 2. The van der Waals surface area contributed by atoms with Crippen molar-refractivity contribution in [2.45, 2.75) is 39.0 Å². The van der Waals surface area contributed by atoms with Crippen LogP contribution in [-0.2, 0) is 4.79 Å². The summed E-state index contributed by atoms with van der Waals surface area (Å²) in [4.78, 5) is 11.0. The van der Waals surface area contributed by atoms with E-state index in [0.717, 1.165) is 35.1 Å². The van der Waals surface area contributed by atoms with Crippen molar-refractivity contribution in [2.24, 2.45) is 0 Å². The van der Waals surface area contributed by atoms with E-state index in [1.54, 1.807) is 7.11 Å². The average molecular weight is 612 g/mol. The molecule has 0 saturated heterocycles. The van der Waals surface area contributed by atoms with Gasteiger partial charge >= 0.3 is 5.97 Å². The first-order valence-corrected chi connectivity index (χ1v) is 11.1. The van der Waals surface area contributed by atoms with Crippen molar-refractivity contribution in [3.63, 3.8) is 0 Å². The molecule has 2 aromatic rings. The molecule has 7 heteroatoms. The van der Waals surface area contributed by atoms with E-state index >= 15 is 0 Å². The van der Waals surface area contributed by atoms with Crippen LogP contribution >= 0.6 is 54.5 Å². The highest BCUT2D eigenvalue weighted by Crippen LogP contribution is 2.42. The van der Waals surface area contributed by atoms with E-state index in [1.807, 2.05) is 31.2 Å². The molecule has 0 radical (unpaired) electrons. The largest absolute Gasteiger partial charge is 0.495 e. The Morgan fingerprint density at radius 1 is 1.11 bits per heavy atom. The van der Waals surface area contributed by atoms with Gasteiger partial charge in [-0.2, -0.15) is 0 Å². The number of hydrogen-bond donors (Lipinski definition) is 1. The summed E-state index contributed by atoms with van der Waals surface area (Å²) < 4.78 is 14.2. The first-order valence-electron chi connectivity index (χ1n) is 8.40. The summed E-state index contributed by atoms with van der Waals surface area (Å²) in [5.41, 5.74) is 2.01. The molecule has 1 atom stereocenters. The number of aliphatic carboxylic acids is 1. The van der Waals surface area contributed by atoms with Gasteiger partial charge in [0.05, 0.1) is 26.0 Å². The van der Waals surface area contributed by atoms with Gasteiger partial charge < -0.3 is 14.6 Å². The summed E-state index contributed by atoms with van der Waals surface area (Å²) in [6, 6.07) is 7.74. The zero-order chi connectivity index (χ0) is 20.3. The summed E-state index contributed by atoms with van der Waals surface area (Å²) in [6.45, 7) is 6.12. The fourth-order valence-electron chi connectivity index (χ4n) is 2.75. The van der Waals surface area contributed by atoms with Gasteiger partial charge in [-0.05, 0) is 96.1 Å². The van der Waals surface area contributed by atoms with Gasteiger partial charge in [-0.15, -0.1) is 0 Å². The zero-order valence-corrected chi connectivity index (χ0v) is 20.8. The number of hydrogen-bond acceptors (Lipinski definition) is 3. The Morgan fingerprint density at radius 2 is 1.70 bits per heavy atom. The highest BCUT2D eigenvalue weighted by atomic mass is 127. The van der Waals surface area contributed by atoms with E-state index in [-0.39, 0.29) is 12.3 Å². The summed E-state index contributed by atoms with van der Waals surface area (Å²) in [6.07, 6.45) is 0.0769. The van der Waals surface area contributed by atoms with Crippen LogP contribution in [0.25, 0.3) is 0 Å². The summed E-state index contributed by atoms with van der Waals surface area (Å²) in [7, 11) is 1.67. The van der Waals surface area contributed by atoms with Gasteiger partial charge in [-0.3, -0.25) is 4.79 Å². The molecule has 4 nitrogen and oxygen atoms in total. The first-order chi connectivity index (χ1) is 12.6. The Bertz CT molecular complexity index is 829. The van der Waals surface area contributed by atoms with Crippen LogP contribution in [0.4, 0.5) is 0 Å². The third-order valence-electron chi connectivity index (χ3n) is 4.16. The molecule has 0 aliphatic rings. The normalized spacial score (nSPS) is 12.1. The van der Waals surface area contributed by atoms with Crippen LogP contribution < -0.4 is 9.47 Å². The maximum atomic E-state index is 11.0. The number of carboxylic acid groups (broad SMARTS) is 1. The predicted octanol–water partition coefficient (Wildman–Crippen LogP) is 7.32.